The SMILES string of the molecule is CC(=O)NC(CC(=O)NCCS(=O)(=O)N1CC(C)OC(C)C1)c1ccccc1. The number of hydrogen-bond donors (Lipinski definition) is 2. The summed E-state index contributed by atoms with van der Waals surface area (Å²) in [6, 6.07) is 8.72. The highest BCUT2D eigenvalue weighted by atomic mass is 32.2. The molecule has 3 unspecified atom stereocenters. The third-order valence-electron chi connectivity index (χ3n) is 4.43. The highest BCUT2D eigenvalue weighted by Crippen LogP contribution is 2.17. The molecule has 1 heterocycles. The zero-order valence-electron chi connectivity index (χ0n) is 16.6. The summed E-state index contributed by atoms with van der Waals surface area (Å²) >= 11 is 0. The molecule has 2 rings (SSSR count). The monoisotopic (exact) mass is 411 g/mol. The smallest absolute Gasteiger partial charge is 0.222 e. The number of sulfonamides is 1. The van der Waals surface area contributed by atoms with Crippen LogP contribution in [0.1, 0.15) is 38.8 Å². The van der Waals surface area contributed by atoms with Crippen molar-refractivity contribution in [3.05, 3.63) is 35.9 Å². The predicted molar refractivity (Wildman–Crippen MR) is 106 cm³/mol. The van der Waals surface area contributed by atoms with Crippen LogP contribution in [0.15, 0.2) is 30.3 Å². The molecule has 0 spiro atoms. The largest absolute Gasteiger partial charge is 0.373 e. The summed E-state index contributed by atoms with van der Waals surface area (Å²) in [6.07, 6.45) is -0.273. The molecule has 9 heteroatoms. The number of morpholine rings is 1. The van der Waals surface area contributed by atoms with Crippen molar-refractivity contribution in [2.75, 3.05) is 25.4 Å². The number of carbonyl (C=O) groups excluding carboxylic acids is 2. The number of hydrogen-bond acceptors (Lipinski definition) is 5. The molecule has 0 aliphatic carbocycles. The third kappa shape index (κ3) is 6.88. The topological polar surface area (TPSA) is 105 Å². The van der Waals surface area contributed by atoms with Crippen molar-refractivity contribution < 1.29 is 22.7 Å². The summed E-state index contributed by atoms with van der Waals surface area (Å²) in [5.41, 5.74) is 0.816. The molecule has 2 amide bonds. The van der Waals surface area contributed by atoms with Crippen molar-refractivity contribution in [2.45, 2.75) is 45.4 Å². The predicted octanol–water partition coefficient (Wildman–Crippen LogP) is 0.809. The van der Waals surface area contributed by atoms with Crippen LogP contribution in [0.4, 0.5) is 0 Å². The Bertz CT molecular complexity index is 759. The summed E-state index contributed by atoms with van der Waals surface area (Å²) in [5.74, 6) is -0.727. The Labute approximate surface area is 166 Å². The first kappa shape index (κ1) is 22.3. The van der Waals surface area contributed by atoms with E-state index in [2.05, 4.69) is 10.6 Å². The van der Waals surface area contributed by atoms with Crippen LogP contribution in [0.25, 0.3) is 0 Å². The van der Waals surface area contributed by atoms with E-state index in [1.54, 1.807) is 0 Å². The van der Waals surface area contributed by atoms with Crippen molar-refractivity contribution >= 4 is 21.8 Å². The fourth-order valence-corrected chi connectivity index (χ4v) is 4.74. The minimum absolute atomic E-state index is 0.0167. The summed E-state index contributed by atoms with van der Waals surface area (Å²) in [5, 5.41) is 5.40. The first-order valence-electron chi connectivity index (χ1n) is 9.39. The van der Waals surface area contributed by atoms with Gasteiger partial charge in [-0.05, 0) is 19.4 Å². The van der Waals surface area contributed by atoms with Gasteiger partial charge in [0, 0.05) is 26.6 Å². The van der Waals surface area contributed by atoms with Gasteiger partial charge in [0.2, 0.25) is 21.8 Å². The standard InChI is InChI=1S/C19H29N3O5S/c1-14-12-22(13-15(2)27-14)28(25,26)10-9-20-19(24)11-18(21-16(3)23)17-7-5-4-6-8-17/h4-8,14-15,18H,9-13H2,1-3H3,(H,20,24)(H,21,23). The molecular weight excluding hydrogens is 382 g/mol. The lowest BCUT2D eigenvalue weighted by molar-refractivity contribution is -0.122. The zero-order valence-corrected chi connectivity index (χ0v) is 17.4. The number of nitrogens with one attached hydrogen (secondary N) is 2. The molecule has 8 nitrogen and oxygen atoms in total. The summed E-state index contributed by atoms with van der Waals surface area (Å²) in [4.78, 5) is 23.7. The van der Waals surface area contributed by atoms with Gasteiger partial charge < -0.3 is 15.4 Å². The molecule has 1 aromatic carbocycles. The second-order valence-corrected chi connectivity index (χ2v) is 9.20. The molecule has 28 heavy (non-hydrogen) atoms. The zero-order chi connectivity index (χ0) is 20.7. The number of ether oxygens (including phenoxy) is 1. The van der Waals surface area contributed by atoms with E-state index < -0.39 is 16.1 Å². The van der Waals surface area contributed by atoms with Gasteiger partial charge in [-0.15, -0.1) is 0 Å². The van der Waals surface area contributed by atoms with Crippen LogP contribution in [-0.2, 0) is 24.3 Å². The Morgan fingerprint density at radius 2 is 1.79 bits per heavy atom. The van der Waals surface area contributed by atoms with Crippen molar-refractivity contribution in [3.63, 3.8) is 0 Å². The summed E-state index contributed by atoms with van der Waals surface area (Å²) in [7, 11) is -3.48. The fraction of sp³-hybridized carbons (Fsp3) is 0.579. The van der Waals surface area contributed by atoms with Crippen molar-refractivity contribution in [3.8, 4) is 0 Å². The molecule has 156 valence electrons. The number of rotatable bonds is 8. The molecule has 2 N–H and O–H groups in total. The maximum atomic E-state index is 12.5. The molecule has 0 radical (unpaired) electrons. The van der Waals surface area contributed by atoms with Crippen molar-refractivity contribution in [2.24, 2.45) is 0 Å². The van der Waals surface area contributed by atoms with E-state index in [0.29, 0.717) is 13.1 Å². The number of nitrogens with zero attached hydrogens (tertiary/aromatic N) is 1. The van der Waals surface area contributed by atoms with Gasteiger partial charge in [0.25, 0.3) is 0 Å². The number of benzene rings is 1. The highest BCUT2D eigenvalue weighted by Gasteiger charge is 2.30. The van der Waals surface area contributed by atoms with Gasteiger partial charge in [0.05, 0.1) is 30.4 Å². The second-order valence-electron chi connectivity index (χ2n) is 7.11. The average molecular weight is 412 g/mol. The molecule has 0 saturated carbocycles. The minimum Gasteiger partial charge on any atom is -0.373 e. The molecule has 0 aromatic heterocycles. The Morgan fingerprint density at radius 3 is 2.36 bits per heavy atom. The van der Waals surface area contributed by atoms with E-state index in [1.807, 2.05) is 44.2 Å². The molecule has 1 aromatic rings. The minimum atomic E-state index is -3.48. The fourth-order valence-electron chi connectivity index (χ4n) is 3.25. The van der Waals surface area contributed by atoms with E-state index in [-0.39, 0.29) is 42.7 Å². The van der Waals surface area contributed by atoms with Gasteiger partial charge in [0.1, 0.15) is 0 Å². The molecule has 1 aliphatic heterocycles. The van der Waals surface area contributed by atoms with Crippen molar-refractivity contribution in [1.82, 2.24) is 14.9 Å². The lowest BCUT2D eigenvalue weighted by Crippen LogP contribution is -2.49. The van der Waals surface area contributed by atoms with Crippen LogP contribution in [0, 0.1) is 0 Å². The van der Waals surface area contributed by atoms with E-state index >= 15 is 0 Å². The number of carbonyl (C=O) groups is 2. The van der Waals surface area contributed by atoms with Crippen molar-refractivity contribution in [1.29, 1.82) is 0 Å². The molecule has 0 bridgehead atoms. The molecule has 1 aliphatic rings. The van der Waals surface area contributed by atoms with Gasteiger partial charge in [-0.25, -0.2) is 8.42 Å². The van der Waals surface area contributed by atoms with E-state index in [9.17, 15) is 18.0 Å². The molecule has 3 atom stereocenters. The first-order valence-corrected chi connectivity index (χ1v) is 11.0. The van der Waals surface area contributed by atoms with Crippen LogP contribution < -0.4 is 10.6 Å². The van der Waals surface area contributed by atoms with Gasteiger partial charge in [-0.3, -0.25) is 9.59 Å². The normalized spacial score (nSPS) is 21.7. The molecule has 1 saturated heterocycles. The van der Waals surface area contributed by atoms with Gasteiger partial charge >= 0.3 is 0 Å². The Balaban J connectivity index is 1.87. The number of amides is 2. The van der Waals surface area contributed by atoms with Crippen LogP contribution in [0.3, 0.4) is 0 Å². The van der Waals surface area contributed by atoms with Gasteiger partial charge in [0.15, 0.2) is 0 Å². The highest BCUT2D eigenvalue weighted by molar-refractivity contribution is 7.89. The molecular formula is C19H29N3O5S. The average Bonchev–Trinajstić information content (AvgIpc) is 2.60. The summed E-state index contributed by atoms with van der Waals surface area (Å²) < 4.78 is 32.0. The van der Waals surface area contributed by atoms with E-state index in [0.717, 1.165) is 5.56 Å². The first-order chi connectivity index (χ1) is 13.2. The molecule has 1 fully saturated rings. The Hall–Kier alpha value is -1.97. The Morgan fingerprint density at radius 1 is 1.18 bits per heavy atom. The maximum absolute atomic E-state index is 12.5. The Kier molecular flexibility index (Phi) is 7.97. The van der Waals surface area contributed by atoms with E-state index in [1.165, 1.54) is 11.2 Å². The van der Waals surface area contributed by atoms with E-state index in [4.69, 9.17) is 4.74 Å². The lowest BCUT2D eigenvalue weighted by Gasteiger charge is -2.34. The van der Waals surface area contributed by atoms with Gasteiger partial charge in [-0.2, -0.15) is 4.31 Å². The van der Waals surface area contributed by atoms with Crippen LogP contribution in [0.2, 0.25) is 0 Å². The summed E-state index contributed by atoms with van der Waals surface area (Å²) in [6.45, 7) is 5.73. The third-order valence-corrected chi connectivity index (χ3v) is 6.24. The van der Waals surface area contributed by atoms with Crippen LogP contribution in [-0.4, -0.2) is 62.1 Å². The maximum Gasteiger partial charge on any atom is 0.222 e. The quantitative estimate of drug-likeness (QED) is 0.659. The second kappa shape index (κ2) is 9.99. The van der Waals surface area contributed by atoms with Gasteiger partial charge in [-0.1, -0.05) is 30.3 Å². The lowest BCUT2D eigenvalue weighted by atomic mass is 10.0. The van der Waals surface area contributed by atoms with Crippen LogP contribution in [0.5, 0.6) is 0 Å². The van der Waals surface area contributed by atoms with Crippen LogP contribution >= 0.6 is 0 Å².